The van der Waals surface area contributed by atoms with Gasteiger partial charge < -0.3 is 10.1 Å². The van der Waals surface area contributed by atoms with Crippen molar-refractivity contribution < 1.29 is 9.13 Å². The van der Waals surface area contributed by atoms with E-state index >= 15 is 0 Å². The van der Waals surface area contributed by atoms with Crippen LogP contribution in [0.4, 0.5) is 4.39 Å². The van der Waals surface area contributed by atoms with Crippen LogP contribution < -0.4 is 5.32 Å². The molecular weight excluding hydrogens is 245 g/mol. The zero-order valence-corrected chi connectivity index (χ0v) is 11.0. The van der Waals surface area contributed by atoms with Crippen LogP contribution in [0.25, 0.3) is 0 Å². The minimum atomic E-state index is -0.401. The average Bonchev–Trinajstić information content (AvgIpc) is 2.42. The molecule has 0 saturated carbocycles. The van der Waals surface area contributed by atoms with Crippen LogP contribution in [0.5, 0.6) is 0 Å². The lowest BCUT2D eigenvalue weighted by Crippen LogP contribution is -2.45. The van der Waals surface area contributed by atoms with Gasteiger partial charge in [0, 0.05) is 31.7 Å². The third-order valence-electron chi connectivity index (χ3n) is 3.25. The highest BCUT2D eigenvalue weighted by Crippen LogP contribution is 2.16. The van der Waals surface area contributed by atoms with Crippen molar-refractivity contribution in [3.8, 4) is 6.07 Å². The summed E-state index contributed by atoms with van der Waals surface area (Å²) >= 11 is 0. The molecule has 1 saturated heterocycles. The highest BCUT2D eigenvalue weighted by atomic mass is 19.1. The third kappa shape index (κ3) is 3.51. The molecule has 1 unspecified atom stereocenters. The lowest BCUT2D eigenvalue weighted by Gasteiger charge is -2.33. The van der Waals surface area contributed by atoms with Crippen LogP contribution in [0.3, 0.4) is 0 Å². The van der Waals surface area contributed by atoms with Crippen LogP contribution in [0.1, 0.15) is 11.1 Å². The zero-order valence-electron chi connectivity index (χ0n) is 11.0. The number of hydrogen-bond acceptors (Lipinski definition) is 4. The van der Waals surface area contributed by atoms with Gasteiger partial charge in [-0.2, -0.15) is 5.26 Å². The Hall–Kier alpha value is -1.48. The van der Waals surface area contributed by atoms with Gasteiger partial charge in [-0.1, -0.05) is 12.1 Å². The van der Waals surface area contributed by atoms with E-state index in [1.807, 2.05) is 13.1 Å². The molecule has 5 heteroatoms. The Kier molecular flexibility index (Phi) is 4.86. The van der Waals surface area contributed by atoms with E-state index in [-0.39, 0.29) is 11.7 Å². The van der Waals surface area contributed by atoms with Crippen molar-refractivity contribution in [2.75, 3.05) is 33.3 Å². The number of hydrogen-bond donors (Lipinski definition) is 1. The third-order valence-corrected chi connectivity index (χ3v) is 3.25. The summed E-state index contributed by atoms with van der Waals surface area (Å²) in [5, 5.41) is 11.9. The van der Waals surface area contributed by atoms with Gasteiger partial charge in [-0.3, -0.25) is 4.90 Å². The molecule has 0 amide bonds. The first kappa shape index (κ1) is 13.9. The molecule has 2 rings (SSSR count). The van der Waals surface area contributed by atoms with E-state index in [1.165, 1.54) is 6.07 Å². The van der Waals surface area contributed by atoms with Gasteiger partial charge in [0.1, 0.15) is 11.9 Å². The number of ether oxygens (including phenoxy) is 1. The second-order valence-electron chi connectivity index (χ2n) is 4.68. The summed E-state index contributed by atoms with van der Waals surface area (Å²) in [5.74, 6) is -0.401. The molecule has 4 nitrogen and oxygen atoms in total. The lowest BCUT2D eigenvalue weighted by atomic mass is 10.1. The first-order valence-electron chi connectivity index (χ1n) is 6.40. The van der Waals surface area contributed by atoms with E-state index in [1.54, 1.807) is 12.1 Å². The van der Waals surface area contributed by atoms with Gasteiger partial charge in [-0.25, -0.2) is 4.39 Å². The Morgan fingerprint density at radius 1 is 1.58 bits per heavy atom. The summed E-state index contributed by atoms with van der Waals surface area (Å²) < 4.78 is 19.6. The summed E-state index contributed by atoms with van der Waals surface area (Å²) in [6.45, 7) is 3.53. The zero-order chi connectivity index (χ0) is 13.7. The molecule has 1 atom stereocenters. The summed E-state index contributed by atoms with van der Waals surface area (Å²) in [4.78, 5) is 2.16. The van der Waals surface area contributed by atoms with E-state index in [4.69, 9.17) is 10.00 Å². The number of morpholine rings is 1. The number of nitrogens with zero attached hydrogens (tertiary/aromatic N) is 2. The van der Waals surface area contributed by atoms with Crippen LogP contribution in [-0.4, -0.2) is 44.3 Å². The Bertz CT molecular complexity index is 470. The maximum atomic E-state index is 14.0. The highest BCUT2D eigenvalue weighted by Gasteiger charge is 2.21. The maximum absolute atomic E-state index is 14.0. The quantitative estimate of drug-likeness (QED) is 0.884. The second kappa shape index (κ2) is 6.62. The summed E-state index contributed by atoms with van der Waals surface area (Å²) in [6.07, 6.45) is 0.140. The van der Waals surface area contributed by atoms with Crippen LogP contribution in [0.2, 0.25) is 0 Å². The van der Waals surface area contributed by atoms with Crippen LogP contribution in [-0.2, 0) is 11.3 Å². The van der Waals surface area contributed by atoms with Gasteiger partial charge in [-0.15, -0.1) is 0 Å². The molecule has 1 aliphatic rings. The van der Waals surface area contributed by atoms with Crippen molar-refractivity contribution in [3.63, 3.8) is 0 Å². The van der Waals surface area contributed by atoms with Crippen LogP contribution in [0, 0.1) is 17.1 Å². The topological polar surface area (TPSA) is 48.3 Å². The molecule has 1 aliphatic heterocycles. The van der Waals surface area contributed by atoms with Gasteiger partial charge in [0.2, 0.25) is 0 Å². The SMILES string of the molecule is CNCC1CN(Cc2cccc(C#N)c2F)CCO1. The number of benzene rings is 1. The molecule has 1 N–H and O–H groups in total. The molecule has 1 fully saturated rings. The van der Waals surface area contributed by atoms with Crippen molar-refractivity contribution in [3.05, 3.63) is 35.1 Å². The van der Waals surface area contributed by atoms with E-state index in [2.05, 4.69) is 10.2 Å². The second-order valence-corrected chi connectivity index (χ2v) is 4.68. The Morgan fingerprint density at radius 3 is 3.16 bits per heavy atom. The van der Waals surface area contributed by atoms with E-state index < -0.39 is 5.82 Å². The van der Waals surface area contributed by atoms with Crippen molar-refractivity contribution in [2.24, 2.45) is 0 Å². The number of likely N-dealkylation sites (N-methyl/N-ethyl adjacent to an activating group) is 1. The first-order valence-corrected chi connectivity index (χ1v) is 6.40. The van der Waals surface area contributed by atoms with E-state index in [0.717, 1.165) is 19.6 Å². The van der Waals surface area contributed by atoms with E-state index in [0.29, 0.717) is 18.7 Å². The fourth-order valence-corrected chi connectivity index (χ4v) is 2.30. The van der Waals surface area contributed by atoms with Crippen molar-refractivity contribution in [2.45, 2.75) is 12.6 Å². The van der Waals surface area contributed by atoms with Gasteiger partial charge in [0.05, 0.1) is 18.3 Å². The Morgan fingerprint density at radius 2 is 2.42 bits per heavy atom. The lowest BCUT2D eigenvalue weighted by molar-refractivity contribution is -0.0294. The predicted molar refractivity (Wildman–Crippen MR) is 70.1 cm³/mol. The maximum Gasteiger partial charge on any atom is 0.145 e. The molecule has 0 aromatic heterocycles. The molecule has 1 heterocycles. The van der Waals surface area contributed by atoms with Crippen molar-refractivity contribution >= 4 is 0 Å². The monoisotopic (exact) mass is 263 g/mol. The summed E-state index contributed by atoms with van der Waals surface area (Å²) in [6, 6.07) is 6.84. The number of nitriles is 1. The molecule has 19 heavy (non-hydrogen) atoms. The smallest absolute Gasteiger partial charge is 0.145 e. The molecule has 0 spiro atoms. The van der Waals surface area contributed by atoms with Gasteiger partial charge in [-0.05, 0) is 13.1 Å². The number of nitrogens with one attached hydrogen (secondary N) is 1. The molecular formula is C14H18FN3O. The van der Waals surface area contributed by atoms with Crippen LogP contribution >= 0.6 is 0 Å². The fourth-order valence-electron chi connectivity index (χ4n) is 2.30. The number of halogens is 1. The Labute approximate surface area is 112 Å². The summed E-state index contributed by atoms with van der Waals surface area (Å²) in [5.41, 5.74) is 0.682. The standard InChI is InChI=1S/C14H18FN3O/c1-17-8-13-10-18(5-6-19-13)9-12-4-2-3-11(7-16)14(12)15/h2-4,13,17H,5-6,8-10H2,1H3. The van der Waals surface area contributed by atoms with E-state index in [9.17, 15) is 4.39 Å². The molecule has 0 radical (unpaired) electrons. The Balaban J connectivity index is 2.03. The van der Waals surface area contributed by atoms with Gasteiger partial charge in [0.25, 0.3) is 0 Å². The van der Waals surface area contributed by atoms with Crippen molar-refractivity contribution in [1.82, 2.24) is 10.2 Å². The normalized spacial score (nSPS) is 20.2. The molecule has 0 bridgehead atoms. The average molecular weight is 263 g/mol. The molecule has 0 aliphatic carbocycles. The highest BCUT2D eigenvalue weighted by molar-refractivity contribution is 5.34. The minimum absolute atomic E-state index is 0.109. The first-order chi connectivity index (χ1) is 9.24. The minimum Gasteiger partial charge on any atom is -0.374 e. The fraction of sp³-hybridized carbons (Fsp3) is 0.500. The van der Waals surface area contributed by atoms with Gasteiger partial charge >= 0.3 is 0 Å². The molecule has 1 aromatic rings. The molecule has 102 valence electrons. The van der Waals surface area contributed by atoms with Crippen LogP contribution in [0.15, 0.2) is 18.2 Å². The largest absolute Gasteiger partial charge is 0.374 e. The van der Waals surface area contributed by atoms with Crippen molar-refractivity contribution in [1.29, 1.82) is 5.26 Å². The summed E-state index contributed by atoms with van der Waals surface area (Å²) in [7, 11) is 1.89. The van der Waals surface area contributed by atoms with Gasteiger partial charge in [0.15, 0.2) is 0 Å². The predicted octanol–water partition coefficient (Wildman–Crippen LogP) is 1.12. The number of rotatable bonds is 4. The molecule has 1 aromatic carbocycles.